The summed E-state index contributed by atoms with van der Waals surface area (Å²) in [6.45, 7) is 2.37. The minimum absolute atomic E-state index is 0.137. The number of carbonyl (C=O) groups excluding carboxylic acids is 1. The Morgan fingerprint density at radius 3 is 2.62 bits per heavy atom. The second-order valence-corrected chi connectivity index (χ2v) is 8.27. The highest BCUT2D eigenvalue weighted by Gasteiger charge is 2.17. The number of hydrogen-bond donors (Lipinski definition) is 4. The zero-order valence-corrected chi connectivity index (χ0v) is 17.9. The first-order chi connectivity index (χ1) is 15.4. The Kier molecular flexibility index (Phi) is 6.00. The highest BCUT2D eigenvalue weighted by molar-refractivity contribution is 7.19. The number of phenols is 1. The molecule has 0 aliphatic carbocycles. The van der Waals surface area contributed by atoms with Gasteiger partial charge in [-0.05, 0) is 30.7 Å². The number of amides is 1. The largest absolute Gasteiger partial charge is 0.507 e. The van der Waals surface area contributed by atoms with E-state index >= 15 is 0 Å². The number of aromatic nitrogens is 2. The second-order valence-electron chi connectivity index (χ2n) is 7.06. The minimum Gasteiger partial charge on any atom is -0.507 e. The third-order valence-corrected chi connectivity index (χ3v) is 5.90. The molecule has 0 radical (unpaired) electrons. The van der Waals surface area contributed by atoms with Crippen molar-refractivity contribution in [3.63, 3.8) is 0 Å². The van der Waals surface area contributed by atoms with E-state index in [0.717, 1.165) is 26.2 Å². The van der Waals surface area contributed by atoms with Crippen LogP contribution in [0.3, 0.4) is 0 Å². The number of carbonyl (C=O) groups is 2. The summed E-state index contributed by atoms with van der Waals surface area (Å²) >= 11 is 1.60. The molecule has 4 aromatic rings. The number of hydrogen-bond acceptors (Lipinski definition) is 7. The molecule has 4 rings (SSSR count). The molecule has 162 valence electrons. The van der Waals surface area contributed by atoms with Gasteiger partial charge in [0.15, 0.2) is 0 Å². The fraction of sp³-hybridized carbons (Fsp3) is 0.130. The number of carboxylic acid groups (broad SMARTS) is 1. The summed E-state index contributed by atoms with van der Waals surface area (Å²) in [6.07, 6.45) is 1.64. The summed E-state index contributed by atoms with van der Waals surface area (Å²) in [4.78, 5) is 34.3. The van der Waals surface area contributed by atoms with E-state index in [0.29, 0.717) is 18.1 Å². The maximum atomic E-state index is 12.3. The van der Waals surface area contributed by atoms with Crippen LogP contribution in [0.1, 0.15) is 21.7 Å². The number of anilines is 2. The van der Waals surface area contributed by atoms with Crippen LogP contribution in [0.2, 0.25) is 0 Å². The summed E-state index contributed by atoms with van der Waals surface area (Å²) in [5.41, 5.74) is 2.18. The molecule has 9 heteroatoms. The molecule has 0 atom stereocenters. The zero-order chi connectivity index (χ0) is 22.7. The maximum absolute atomic E-state index is 12.3. The van der Waals surface area contributed by atoms with Gasteiger partial charge in [0.25, 0.3) is 0 Å². The zero-order valence-electron chi connectivity index (χ0n) is 17.1. The van der Waals surface area contributed by atoms with Crippen molar-refractivity contribution in [2.75, 3.05) is 17.2 Å². The van der Waals surface area contributed by atoms with Crippen LogP contribution in [0.5, 0.6) is 5.75 Å². The van der Waals surface area contributed by atoms with Crippen LogP contribution >= 0.6 is 11.3 Å². The summed E-state index contributed by atoms with van der Waals surface area (Å²) in [5.74, 6) is -1.27. The van der Waals surface area contributed by atoms with Gasteiger partial charge in [0.05, 0.1) is 5.39 Å². The molecule has 0 aliphatic heterocycles. The minimum atomic E-state index is -1.27. The normalized spacial score (nSPS) is 10.8. The van der Waals surface area contributed by atoms with Crippen molar-refractivity contribution in [1.29, 1.82) is 0 Å². The predicted molar refractivity (Wildman–Crippen MR) is 124 cm³/mol. The van der Waals surface area contributed by atoms with Crippen molar-refractivity contribution in [2.45, 2.75) is 13.3 Å². The van der Waals surface area contributed by atoms with Gasteiger partial charge < -0.3 is 20.8 Å². The SMILES string of the molecule is Cc1sc2ncnc(NCCC(=O)Nc3ccc(O)c(C(=O)O)c3)c2c1-c1ccccc1. The Balaban J connectivity index is 1.48. The number of aromatic carboxylic acids is 1. The fourth-order valence-corrected chi connectivity index (χ4v) is 4.45. The van der Waals surface area contributed by atoms with E-state index in [2.05, 4.69) is 27.5 Å². The molecule has 4 N–H and O–H groups in total. The summed E-state index contributed by atoms with van der Waals surface area (Å²) < 4.78 is 0. The quantitative estimate of drug-likeness (QED) is 0.307. The van der Waals surface area contributed by atoms with Crippen LogP contribution in [0.15, 0.2) is 54.9 Å². The predicted octanol–water partition coefficient (Wildman–Crippen LogP) is 4.51. The molecule has 0 aliphatic rings. The molecular formula is C23H20N4O4S. The van der Waals surface area contributed by atoms with Gasteiger partial charge in [0.2, 0.25) is 5.91 Å². The van der Waals surface area contributed by atoms with Gasteiger partial charge in [0, 0.05) is 29.1 Å². The van der Waals surface area contributed by atoms with Crippen molar-refractivity contribution >= 4 is 44.9 Å². The van der Waals surface area contributed by atoms with Crippen LogP contribution in [0, 0.1) is 6.92 Å². The van der Waals surface area contributed by atoms with Crippen molar-refractivity contribution < 1.29 is 19.8 Å². The Bertz CT molecular complexity index is 1300. The molecule has 0 unspecified atom stereocenters. The first-order valence-electron chi connectivity index (χ1n) is 9.83. The van der Waals surface area contributed by atoms with Gasteiger partial charge in [0.1, 0.15) is 28.3 Å². The van der Waals surface area contributed by atoms with E-state index in [-0.39, 0.29) is 23.6 Å². The lowest BCUT2D eigenvalue weighted by atomic mass is 10.0. The monoisotopic (exact) mass is 448 g/mol. The Morgan fingerprint density at radius 1 is 1.09 bits per heavy atom. The van der Waals surface area contributed by atoms with Crippen LogP contribution in [0.25, 0.3) is 21.3 Å². The number of rotatable bonds is 7. The Labute approximate surface area is 187 Å². The molecule has 1 amide bonds. The third kappa shape index (κ3) is 4.37. The fourth-order valence-electron chi connectivity index (χ4n) is 3.43. The second kappa shape index (κ2) is 9.03. The first kappa shape index (κ1) is 21.3. The number of nitrogens with zero attached hydrogens (tertiary/aromatic N) is 2. The molecule has 2 heterocycles. The highest BCUT2D eigenvalue weighted by Crippen LogP contribution is 2.40. The molecule has 0 bridgehead atoms. The van der Waals surface area contributed by atoms with E-state index in [1.165, 1.54) is 24.5 Å². The lowest BCUT2D eigenvalue weighted by Crippen LogP contribution is -2.17. The molecule has 0 saturated carbocycles. The van der Waals surface area contributed by atoms with Crippen LogP contribution in [-0.2, 0) is 4.79 Å². The van der Waals surface area contributed by atoms with E-state index in [4.69, 9.17) is 5.11 Å². The van der Waals surface area contributed by atoms with E-state index in [1.54, 1.807) is 11.3 Å². The van der Waals surface area contributed by atoms with Crippen LogP contribution in [0.4, 0.5) is 11.5 Å². The first-order valence-corrected chi connectivity index (χ1v) is 10.6. The molecule has 32 heavy (non-hydrogen) atoms. The van der Waals surface area contributed by atoms with Crippen molar-refractivity contribution in [3.8, 4) is 16.9 Å². The Hall–Kier alpha value is -3.98. The molecule has 0 spiro atoms. The number of fused-ring (bicyclic) bond motifs is 1. The molecular weight excluding hydrogens is 428 g/mol. The smallest absolute Gasteiger partial charge is 0.339 e. The van der Waals surface area contributed by atoms with Gasteiger partial charge in [-0.1, -0.05) is 30.3 Å². The van der Waals surface area contributed by atoms with Gasteiger partial charge in [-0.3, -0.25) is 4.79 Å². The average Bonchev–Trinajstić information content (AvgIpc) is 3.12. The molecule has 2 aromatic carbocycles. The number of benzene rings is 2. The number of thiophene rings is 1. The topological polar surface area (TPSA) is 124 Å². The standard InChI is InChI=1S/C23H20N4O4S/c1-13-19(14-5-3-2-4-6-14)20-21(25-12-26-22(20)32-13)24-10-9-18(29)27-15-7-8-17(28)16(11-15)23(30)31/h2-8,11-12,28H,9-10H2,1H3,(H,27,29)(H,30,31)(H,24,25,26). The third-order valence-electron chi connectivity index (χ3n) is 4.88. The lowest BCUT2D eigenvalue weighted by Gasteiger charge is -2.10. The number of carboxylic acids is 1. The molecule has 0 saturated heterocycles. The molecule has 2 aromatic heterocycles. The molecule has 8 nitrogen and oxygen atoms in total. The van der Waals surface area contributed by atoms with E-state index < -0.39 is 5.97 Å². The summed E-state index contributed by atoms with van der Waals surface area (Å²) in [6, 6.07) is 13.9. The number of nitrogens with one attached hydrogen (secondary N) is 2. The number of aromatic hydroxyl groups is 1. The van der Waals surface area contributed by atoms with Gasteiger partial charge in [-0.2, -0.15) is 0 Å². The lowest BCUT2D eigenvalue weighted by molar-refractivity contribution is -0.115. The van der Waals surface area contributed by atoms with Crippen molar-refractivity contribution in [2.24, 2.45) is 0 Å². The van der Waals surface area contributed by atoms with E-state index in [1.807, 2.05) is 30.3 Å². The maximum Gasteiger partial charge on any atom is 0.339 e. The van der Waals surface area contributed by atoms with Crippen molar-refractivity contribution in [1.82, 2.24) is 9.97 Å². The number of aryl methyl sites for hydroxylation is 1. The van der Waals surface area contributed by atoms with Gasteiger partial charge in [-0.25, -0.2) is 14.8 Å². The van der Waals surface area contributed by atoms with Crippen LogP contribution in [-0.4, -0.2) is 38.6 Å². The van der Waals surface area contributed by atoms with Crippen molar-refractivity contribution in [3.05, 3.63) is 65.3 Å². The highest BCUT2D eigenvalue weighted by atomic mass is 32.1. The summed E-state index contributed by atoms with van der Waals surface area (Å²) in [7, 11) is 0. The van der Waals surface area contributed by atoms with Gasteiger partial charge >= 0.3 is 5.97 Å². The van der Waals surface area contributed by atoms with Gasteiger partial charge in [-0.15, -0.1) is 11.3 Å². The Morgan fingerprint density at radius 2 is 1.88 bits per heavy atom. The van der Waals surface area contributed by atoms with Crippen LogP contribution < -0.4 is 10.6 Å². The van der Waals surface area contributed by atoms with E-state index in [9.17, 15) is 14.7 Å². The summed E-state index contributed by atoms with van der Waals surface area (Å²) in [5, 5.41) is 25.5. The average molecular weight is 449 g/mol. The molecule has 0 fully saturated rings.